The maximum absolute atomic E-state index is 11.3. The third-order valence-electron chi connectivity index (χ3n) is 5.09. The lowest BCUT2D eigenvalue weighted by molar-refractivity contribution is 0.112. The van der Waals surface area contributed by atoms with Crippen molar-refractivity contribution in [2.75, 3.05) is 13.7 Å². The molecule has 4 rings (SSSR count). The highest BCUT2D eigenvalue weighted by atomic mass is 16.5. The van der Waals surface area contributed by atoms with Crippen molar-refractivity contribution in [1.29, 1.82) is 0 Å². The third kappa shape index (κ3) is 4.06. The van der Waals surface area contributed by atoms with Crippen LogP contribution in [-0.4, -0.2) is 25.0 Å². The highest BCUT2D eigenvalue weighted by Crippen LogP contribution is 2.28. The zero-order valence-electron chi connectivity index (χ0n) is 17.1. The van der Waals surface area contributed by atoms with Gasteiger partial charge in [-0.05, 0) is 61.5 Å². The fourth-order valence-corrected chi connectivity index (χ4v) is 3.46. The summed E-state index contributed by atoms with van der Waals surface area (Å²) in [4.78, 5) is 15.9. The number of oxazole rings is 1. The molecule has 0 N–H and O–H groups in total. The number of hydrogen-bond donors (Lipinski definition) is 0. The molecule has 0 atom stereocenters. The summed E-state index contributed by atoms with van der Waals surface area (Å²) in [6, 6.07) is 19.1. The minimum absolute atomic E-state index is 0.550. The van der Waals surface area contributed by atoms with Crippen LogP contribution in [0, 0.1) is 6.92 Å². The molecule has 0 aliphatic rings. The average molecular weight is 401 g/mol. The van der Waals surface area contributed by atoms with Gasteiger partial charge in [-0.25, -0.2) is 4.98 Å². The van der Waals surface area contributed by atoms with Crippen LogP contribution in [0.4, 0.5) is 0 Å². The van der Waals surface area contributed by atoms with E-state index in [2.05, 4.69) is 4.98 Å². The van der Waals surface area contributed by atoms with E-state index in [0.717, 1.165) is 58.4 Å². The molecule has 0 spiro atoms. The van der Waals surface area contributed by atoms with Crippen molar-refractivity contribution in [2.24, 2.45) is 0 Å². The molecule has 5 heteroatoms. The molecular weight excluding hydrogens is 378 g/mol. The topological polar surface area (TPSA) is 61.6 Å². The summed E-state index contributed by atoms with van der Waals surface area (Å²) in [6.45, 7) is 2.48. The van der Waals surface area contributed by atoms with Crippen LogP contribution >= 0.6 is 0 Å². The molecule has 0 saturated carbocycles. The van der Waals surface area contributed by atoms with E-state index < -0.39 is 0 Å². The summed E-state index contributed by atoms with van der Waals surface area (Å²) in [6.07, 6.45) is 2.44. The van der Waals surface area contributed by atoms with Gasteiger partial charge in [-0.15, -0.1) is 0 Å². The van der Waals surface area contributed by atoms with E-state index in [4.69, 9.17) is 13.9 Å². The van der Waals surface area contributed by atoms with Gasteiger partial charge in [0.05, 0.1) is 19.4 Å². The Labute approximate surface area is 175 Å². The first-order valence-corrected chi connectivity index (χ1v) is 9.90. The molecule has 3 aromatic carbocycles. The smallest absolute Gasteiger partial charge is 0.226 e. The Bertz CT molecular complexity index is 1160. The second kappa shape index (κ2) is 8.82. The Kier molecular flexibility index (Phi) is 5.80. The first-order valence-electron chi connectivity index (χ1n) is 9.90. The molecule has 0 bridgehead atoms. The van der Waals surface area contributed by atoms with Crippen LogP contribution in [0.2, 0.25) is 0 Å². The number of aryl methyl sites for hydroxylation is 2. The van der Waals surface area contributed by atoms with Gasteiger partial charge < -0.3 is 13.9 Å². The lowest BCUT2D eigenvalue weighted by atomic mass is 10.0. The van der Waals surface area contributed by atoms with Crippen molar-refractivity contribution in [3.05, 3.63) is 77.7 Å². The van der Waals surface area contributed by atoms with E-state index in [1.807, 2.05) is 61.5 Å². The number of aromatic nitrogens is 1. The van der Waals surface area contributed by atoms with E-state index in [-0.39, 0.29) is 0 Å². The molecule has 4 aromatic rings. The minimum Gasteiger partial charge on any atom is -0.497 e. The summed E-state index contributed by atoms with van der Waals surface area (Å²) in [5.41, 5.74) is 2.52. The maximum Gasteiger partial charge on any atom is 0.226 e. The van der Waals surface area contributed by atoms with Gasteiger partial charge in [0.2, 0.25) is 5.89 Å². The molecule has 30 heavy (non-hydrogen) atoms. The Morgan fingerprint density at radius 1 is 1.00 bits per heavy atom. The van der Waals surface area contributed by atoms with Gasteiger partial charge in [-0.3, -0.25) is 4.79 Å². The third-order valence-corrected chi connectivity index (χ3v) is 5.09. The van der Waals surface area contributed by atoms with E-state index in [9.17, 15) is 4.79 Å². The van der Waals surface area contributed by atoms with E-state index >= 15 is 0 Å². The second-order valence-electron chi connectivity index (χ2n) is 7.02. The predicted molar refractivity (Wildman–Crippen MR) is 116 cm³/mol. The minimum atomic E-state index is 0.550. The van der Waals surface area contributed by atoms with Crippen molar-refractivity contribution in [2.45, 2.75) is 19.8 Å². The molecule has 0 unspecified atom stereocenters. The van der Waals surface area contributed by atoms with Gasteiger partial charge in [-0.1, -0.05) is 24.3 Å². The van der Waals surface area contributed by atoms with Crippen molar-refractivity contribution in [3.8, 4) is 23.0 Å². The van der Waals surface area contributed by atoms with Gasteiger partial charge in [0.15, 0.2) is 6.29 Å². The van der Waals surface area contributed by atoms with Crippen molar-refractivity contribution >= 4 is 17.1 Å². The molecular formula is C25H23NO4. The molecule has 1 heterocycles. The molecule has 5 nitrogen and oxygen atoms in total. The second-order valence-corrected chi connectivity index (χ2v) is 7.02. The maximum atomic E-state index is 11.3. The van der Waals surface area contributed by atoms with E-state index in [0.29, 0.717) is 18.1 Å². The predicted octanol–water partition coefficient (Wildman–Crippen LogP) is 5.64. The Hall–Kier alpha value is -3.60. The Morgan fingerprint density at radius 3 is 2.50 bits per heavy atom. The number of rotatable bonds is 8. The van der Waals surface area contributed by atoms with Gasteiger partial charge in [0.25, 0.3) is 0 Å². The highest BCUT2D eigenvalue weighted by molar-refractivity contribution is 6.00. The molecule has 0 radical (unpaired) electrons. The highest BCUT2D eigenvalue weighted by Gasteiger charge is 2.12. The summed E-state index contributed by atoms with van der Waals surface area (Å²) >= 11 is 0. The number of nitrogens with zero attached hydrogens (tertiary/aromatic N) is 1. The van der Waals surface area contributed by atoms with Crippen LogP contribution in [0.15, 0.2) is 65.1 Å². The average Bonchev–Trinajstić information content (AvgIpc) is 3.17. The van der Waals surface area contributed by atoms with E-state index in [1.54, 1.807) is 13.2 Å². The molecule has 0 fully saturated rings. The first kappa shape index (κ1) is 19.7. The van der Waals surface area contributed by atoms with E-state index in [1.165, 1.54) is 0 Å². The number of methoxy groups -OCH3 is 1. The zero-order valence-corrected chi connectivity index (χ0v) is 17.1. The molecule has 0 amide bonds. The SMILES string of the molecule is COc1ccc(-c2nc(CCCOc3ccc(C=O)c4ccccc34)c(C)o2)cc1. The van der Waals surface area contributed by atoms with Gasteiger partial charge >= 0.3 is 0 Å². The van der Waals surface area contributed by atoms with Crippen LogP contribution < -0.4 is 9.47 Å². The number of aldehydes is 1. The molecule has 0 aliphatic carbocycles. The van der Waals surface area contributed by atoms with Crippen LogP contribution in [0.5, 0.6) is 11.5 Å². The number of carbonyl (C=O) groups excluding carboxylic acids is 1. The lowest BCUT2D eigenvalue weighted by Crippen LogP contribution is -2.01. The number of carbonyl (C=O) groups is 1. The monoisotopic (exact) mass is 401 g/mol. The van der Waals surface area contributed by atoms with Crippen molar-refractivity contribution < 1.29 is 18.7 Å². The van der Waals surface area contributed by atoms with Gasteiger partial charge in [0, 0.05) is 16.5 Å². The summed E-state index contributed by atoms with van der Waals surface area (Å²) in [5, 5.41) is 1.85. The van der Waals surface area contributed by atoms with Gasteiger partial charge in [-0.2, -0.15) is 0 Å². The van der Waals surface area contributed by atoms with Crippen molar-refractivity contribution in [1.82, 2.24) is 4.98 Å². The molecule has 0 aliphatic heterocycles. The van der Waals surface area contributed by atoms with Crippen LogP contribution in [0.1, 0.15) is 28.2 Å². The molecule has 152 valence electrons. The summed E-state index contributed by atoms with van der Waals surface area (Å²) in [7, 11) is 1.64. The largest absolute Gasteiger partial charge is 0.497 e. The Balaban J connectivity index is 1.40. The standard InChI is InChI=1S/C25H23NO4/c1-17-23(26-25(30-17)18-9-12-20(28-2)13-10-18)8-5-15-29-24-14-11-19(16-27)21-6-3-4-7-22(21)24/h3-4,6-7,9-14,16H,5,8,15H2,1-2H3. The van der Waals surface area contributed by atoms with Crippen LogP contribution in [-0.2, 0) is 6.42 Å². The van der Waals surface area contributed by atoms with Crippen molar-refractivity contribution in [3.63, 3.8) is 0 Å². The molecule has 0 saturated heterocycles. The number of benzene rings is 3. The number of fused-ring (bicyclic) bond motifs is 1. The fourth-order valence-electron chi connectivity index (χ4n) is 3.46. The fraction of sp³-hybridized carbons (Fsp3) is 0.200. The molecule has 1 aromatic heterocycles. The lowest BCUT2D eigenvalue weighted by Gasteiger charge is -2.10. The zero-order chi connectivity index (χ0) is 20.9. The number of hydrogen-bond acceptors (Lipinski definition) is 5. The van der Waals surface area contributed by atoms with Crippen LogP contribution in [0.25, 0.3) is 22.2 Å². The quantitative estimate of drug-likeness (QED) is 0.283. The Morgan fingerprint density at radius 2 is 1.77 bits per heavy atom. The van der Waals surface area contributed by atoms with Gasteiger partial charge in [0.1, 0.15) is 17.3 Å². The van der Waals surface area contributed by atoms with Crippen LogP contribution in [0.3, 0.4) is 0 Å². The number of ether oxygens (including phenoxy) is 2. The first-order chi connectivity index (χ1) is 14.7. The summed E-state index contributed by atoms with van der Waals surface area (Å²) < 4.78 is 17.0. The summed E-state index contributed by atoms with van der Waals surface area (Å²) in [5.74, 6) is 3.02. The normalized spacial score (nSPS) is 10.9.